The van der Waals surface area contributed by atoms with Gasteiger partial charge in [0.2, 0.25) is 0 Å². The molecule has 0 unspecified atom stereocenters. The average molecular weight is 457 g/mol. The number of hydrogen-bond acceptors (Lipinski definition) is 3. The molecule has 186 valence electrons. The molecule has 0 spiro atoms. The summed E-state index contributed by atoms with van der Waals surface area (Å²) in [6.07, 6.45) is 20.1. The van der Waals surface area contributed by atoms with E-state index in [9.17, 15) is 5.11 Å². The van der Waals surface area contributed by atoms with Crippen molar-refractivity contribution in [2.45, 2.75) is 110 Å². The predicted molar refractivity (Wildman–Crippen MR) is 134 cm³/mol. The third-order valence-electron chi connectivity index (χ3n) is 10.9. The first-order chi connectivity index (χ1) is 15.9. The van der Waals surface area contributed by atoms with Crippen molar-refractivity contribution >= 4 is 0 Å². The van der Waals surface area contributed by atoms with Gasteiger partial charge in [0.15, 0.2) is 0 Å². The lowest BCUT2D eigenvalue weighted by Gasteiger charge is -2.58. The van der Waals surface area contributed by atoms with E-state index in [1.165, 1.54) is 51.4 Å². The molecular formula is C30H48O3. The Morgan fingerprint density at radius 3 is 2.82 bits per heavy atom. The summed E-state index contributed by atoms with van der Waals surface area (Å²) >= 11 is 0. The molecule has 0 amide bonds. The van der Waals surface area contributed by atoms with E-state index in [1.54, 1.807) is 11.1 Å². The summed E-state index contributed by atoms with van der Waals surface area (Å²) in [5.41, 5.74) is 4.12. The van der Waals surface area contributed by atoms with E-state index in [0.29, 0.717) is 16.9 Å². The van der Waals surface area contributed by atoms with Gasteiger partial charge in [0.05, 0.1) is 18.8 Å². The van der Waals surface area contributed by atoms with Gasteiger partial charge >= 0.3 is 0 Å². The van der Waals surface area contributed by atoms with E-state index in [-0.39, 0.29) is 6.10 Å². The Morgan fingerprint density at radius 2 is 2.00 bits per heavy atom. The van der Waals surface area contributed by atoms with E-state index in [4.69, 9.17) is 9.47 Å². The van der Waals surface area contributed by atoms with Crippen molar-refractivity contribution in [2.75, 3.05) is 19.8 Å². The Kier molecular flexibility index (Phi) is 7.14. The molecule has 1 saturated heterocycles. The maximum atomic E-state index is 10.3. The van der Waals surface area contributed by atoms with Gasteiger partial charge in [0.1, 0.15) is 0 Å². The van der Waals surface area contributed by atoms with Gasteiger partial charge in [-0.1, -0.05) is 37.1 Å². The van der Waals surface area contributed by atoms with Crippen LogP contribution >= 0.6 is 0 Å². The van der Waals surface area contributed by atoms with Crippen LogP contribution in [0.15, 0.2) is 23.3 Å². The molecule has 3 saturated carbocycles. The lowest BCUT2D eigenvalue weighted by Crippen LogP contribution is -2.50. The Morgan fingerprint density at radius 1 is 1.12 bits per heavy atom. The molecule has 1 aliphatic heterocycles. The summed E-state index contributed by atoms with van der Waals surface area (Å²) in [6.45, 7) is 10.2. The van der Waals surface area contributed by atoms with Crippen molar-refractivity contribution in [3.63, 3.8) is 0 Å². The molecule has 33 heavy (non-hydrogen) atoms. The minimum Gasteiger partial charge on any atom is -0.393 e. The first-order valence-corrected chi connectivity index (χ1v) is 14.2. The first-order valence-electron chi connectivity index (χ1n) is 14.2. The molecule has 5 rings (SSSR count). The van der Waals surface area contributed by atoms with E-state index in [0.717, 1.165) is 69.2 Å². The molecule has 0 bridgehead atoms. The molecule has 0 aromatic rings. The Balaban J connectivity index is 1.18. The smallest absolute Gasteiger partial charge is 0.0830 e. The summed E-state index contributed by atoms with van der Waals surface area (Å²) in [4.78, 5) is 0. The SMILES string of the molecule is C/C(=C\CCCCO[C@@H]1CCOC1)[C@H]1CC[C@H]2[C@@H]3CC=C4C[C@@H](O)CC[C@]4(C)[C@H]3CC[C@]12C. The van der Waals surface area contributed by atoms with Crippen molar-refractivity contribution in [1.29, 1.82) is 0 Å². The average Bonchev–Trinajstić information content (AvgIpc) is 3.43. The highest BCUT2D eigenvalue weighted by Gasteiger charge is 2.58. The zero-order valence-corrected chi connectivity index (χ0v) is 21.5. The van der Waals surface area contributed by atoms with Crippen LogP contribution in [0.2, 0.25) is 0 Å². The largest absolute Gasteiger partial charge is 0.393 e. The van der Waals surface area contributed by atoms with Crippen LogP contribution in [0.3, 0.4) is 0 Å². The van der Waals surface area contributed by atoms with Gasteiger partial charge < -0.3 is 14.6 Å². The van der Waals surface area contributed by atoms with Crippen molar-refractivity contribution in [3.05, 3.63) is 23.3 Å². The molecule has 5 aliphatic rings. The zero-order valence-electron chi connectivity index (χ0n) is 21.5. The van der Waals surface area contributed by atoms with Crippen LogP contribution in [0.25, 0.3) is 0 Å². The van der Waals surface area contributed by atoms with Crippen LogP contribution in [-0.2, 0) is 9.47 Å². The monoisotopic (exact) mass is 456 g/mol. The molecule has 0 aromatic heterocycles. The lowest BCUT2D eigenvalue weighted by atomic mass is 9.47. The van der Waals surface area contributed by atoms with Crippen LogP contribution < -0.4 is 0 Å². The maximum absolute atomic E-state index is 10.3. The normalized spacial score (nSPS) is 45.3. The third-order valence-corrected chi connectivity index (χ3v) is 10.9. The molecule has 0 aromatic carbocycles. The highest BCUT2D eigenvalue weighted by atomic mass is 16.5. The number of fused-ring (bicyclic) bond motifs is 5. The number of rotatable bonds is 7. The van der Waals surface area contributed by atoms with Crippen molar-refractivity contribution in [2.24, 2.45) is 34.5 Å². The van der Waals surface area contributed by atoms with Crippen LogP contribution in [-0.4, -0.2) is 37.1 Å². The van der Waals surface area contributed by atoms with Crippen molar-refractivity contribution in [1.82, 2.24) is 0 Å². The maximum Gasteiger partial charge on any atom is 0.0830 e. The summed E-state index contributed by atoms with van der Waals surface area (Å²) in [7, 11) is 0. The van der Waals surface area contributed by atoms with Crippen LogP contribution in [0, 0.1) is 34.5 Å². The molecule has 3 heteroatoms. The second-order valence-corrected chi connectivity index (χ2v) is 12.6. The van der Waals surface area contributed by atoms with Crippen LogP contribution in [0.4, 0.5) is 0 Å². The molecule has 1 heterocycles. The second kappa shape index (κ2) is 9.78. The number of allylic oxidation sites excluding steroid dienone is 3. The minimum atomic E-state index is -0.0957. The van der Waals surface area contributed by atoms with Gasteiger partial charge in [-0.3, -0.25) is 0 Å². The zero-order chi connectivity index (χ0) is 23.1. The van der Waals surface area contributed by atoms with E-state index < -0.39 is 0 Å². The molecule has 4 fully saturated rings. The molecule has 1 N–H and O–H groups in total. The first kappa shape index (κ1) is 24.1. The molecule has 4 aliphatic carbocycles. The molecule has 8 atom stereocenters. The fraction of sp³-hybridized carbons (Fsp3) is 0.867. The fourth-order valence-corrected chi connectivity index (χ4v) is 9.00. The van der Waals surface area contributed by atoms with E-state index in [2.05, 4.69) is 32.9 Å². The molecule has 0 radical (unpaired) electrons. The topological polar surface area (TPSA) is 38.7 Å². The van der Waals surface area contributed by atoms with Gasteiger partial charge in [-0.25, -0.2) is 0 Å². The van der Waals surface area contributed by atoms with Crippen molar-refractivity contribution in [3.8, 4) is 0 Å². The fourth-order valence-electron chi connectivity index (χ4n) is 9.00. The summed E-state index contributed by atoms with van der Waals surface area (Å²) < 4.78 is 11.3. The van der Waals surface area contributed by atoms with Crippen LogP contribution in [0.5, 0.6) is 0 Å². The second-order valence-electron chi connectivity index (χ2n) is 12.6. The van der Waals surface area contributed by atoms with Gasteiger partial charge in [-0.2, -0.15) is 0 Å². The standard InChI is InChI=1S/C30H48O3/c1-21(7-5-4-6-17-33-24-14-18-32-20-24)26-10-11-27-25-9-8-22-19-23(31)12-15-29(22,2)28(25)13-16-30(26,27)3/h7-8,23-28,31H,4-6,9-20H2,1-3H3/b21-7+/t23-,24+,25-,26+,27-,28-,29-,30+/m0/s1. The Labute approximate surface area is 202 Å². The van der Waals surface area contributed by atoms with Gasteiger partial charge in [-0.15, -0.1) is 0 Å². The highest BCUT2D eigenvalue weighted by molar-refractivity contribution is 5.26. The van der Waals surface area contributed by atoms with Crippen molar-refractivity contribution < 1.29 is 14.6 Å². The number of aliphatic hydroxyl groups is 1. The van der Waals surface area contributed by atoms with Gasteiger partial charge in [-0.05, 0) is 118 Å². The summed E-state index contributed by atoms with van der Waals surface area (Å²) in [5, 5.41) is 10.3. The Bertz CT molecular complexity index is 750. The number of unbranched alkanes of at least 4 members (excludes halogenated alkanes) is 2. The lowest BCUT2D eigenvalue weighted by molar-refractivity contribution is -0.0454. The summed E-state index contributed by atoms with van der Waals surface area (Å²) in [5.74, 6) is 3.37. The van der Waals surface area contributed by atoms with Crippen LogP contribution in [0.1, 0.15) is 97.8 Å². The van der Waals surface area contributed by atoms with Gasteiger partial charge in [0.25, 0.3) is 0 Å². The minimum absolute atomic E-state index is 0.0957. The number of ether oxygens (including phenoxy) is 2. The molecule has 3 nitrogen and oxygen atoms in total. The van der Waals surface area contributed by atoms with E-state index in [1.807, 2.05) is 0 Å². The van der Waals surface area contributed by atoms with Gasteiger partial charge in [0, 0.05) is 13.2 Å². The highest BCUT2D eigenvalue weighted by Crippen LogP contribution is 2.67. The Hall–Kier alpha value is -0.640. The summed E-state index contributed by atoms with van der Waals surface area (Å²) in [6, 6.07) is 0. The predicted octanol–water partition coefficient (Wildman–Crippen LogP) is 6.85. The molecular weight excluding hydrogens is 408 g/mol. The quantitative estimate of drug-likeness (QED) is 0.336. The van der Waals surface area contributed by atoms with E-state index >= 15 is 0 Å². The number of hydrogen-bond donors (Lipinski definition) is 1. The number of aliphatic hydroxyl groups excluding tert-OH is 1. The third kappa shape index (κ3) is 4.52.